The van der Waals surface area contributed by atoms with Crippen molar-refractivity contribution in [1.82, 2.24) is 9.80 Å². The molecule has 2 aromatic rings. The van der Waals surface area contributed by atoms with E-state index in [0.29, 0.717) is 48.3 Å². The topological polar surface area (TPSA) is 118 Å². The standard InChI is InChI=1S/C38H44N2O8/c1-39-9-7-37-17-27(41)29(45-3)15-23(37)25(39)13-19-11-21(35(47-5)33(43)31(19)37)22-12-20-14-26-24-16-30(46-4)28(42)18-38(24,8-10-40(26)2)32(20)34(44)36(22)48-6/h11-12,15-16,23-26,43-44H,7-10,13-14,17-18H2,1-6H3/t23-,24-,25+,26+,37-,38-/m1/s1. The van der Waals surface area contributed by atoms with Gasteiger partial charge in [-0.05, 0) is 88.3 Å². The quantitative estimate of drug-likeness (QED) is 0.489. The SMILES string of the molecule is COC1=C[C@@H]2[C@@H]3Cc4cc(-c5cc6c(c(O)c5OC)[C@@]57CCN(C)[C@@H](C6)[C@H]5C=C(OC)C(=O)C7)c(OC)c(O)c4[C@]2(CCN3C)CC1=O. The third kappa shape index (κ3) is 3.93. The molecule has 6 atom stereocenters. The Hall–Kier alpha value is -4.02. The Bertz CT molecular complexity index is 1700. The van der Waals surface area contributed by atoms with Gasteiger partial charge in [-0.1, -0.05) is 0 Å². The van der Waals surface area contributed by atoms with E-state index in [1.54, 1.807) is 0 Å². The van der Waals surface area contributed by atoms with Crippen molar-refractivity contribution >= 4 is 11.6 Å². The summed E-state index contributed by atoms with van der Waals surface area (Å²) in [6.07, 6.45) is 7.21. The van der Waals surface area contributed by atoms with Gasteiger partial charge in [-0.25, -0.2) is 0 Å². The minimum absolute atomic E-state index is 0.00494. The molecule has 48 heavy (non-hydrogen) atoms. The van der Waals surface area contributed by atoms with Crippen molar-refractivity contribution in [2.24, 2.45) is 11.8 Å². The fourth-order valence-corrected chi connectivity index (χ4v) is 10.7. The Balaban J connectivity index is 1.34. The van der Waals surface area contributed by atoms with Gasteiger partial charge in [0.2, 0.25) is 0 Å². The molecule has 254 valence electrons. The van der Waals surface area contributed by atoms with E-state index in [2.05, 4.69) is 36.0 Å². The highest BCUT2D eigenvalue weighted by Crippen LogP contribution is 2.62. The number of likely N-dealkylation sites (N-methyl/N-ethyl adjacent to an activating group) is 2. The molecule has 10 heteroatoms. The van der Waals surface area contributed by atoms with Crippen LogP contribution in [0.5, 0.6) is 23.0 Å². The van der Waals surface area contributed by atoms with Crippen molar-refractivity contribution < 1.29 is 38.7 Å². The molecule has 0 unspecified atom stereocenters. The largest absolute Gasteiger partial charge is 0.504 e. The first kappa shape index (κ1) is 31.3. The van der Waals surface area contributed by atoms with Crippen LogP contribution in [0.15, 0.2) is 35.8 Å². The van der Waals surface area contributed by atoms with Crippen molar-refractivity contribution in [2.45, 2.75) is 61.4 Å². The van der Waals surface area contributed by atoms with Crippen LogP contribution < -0.4 is 9.47 Å². The number of aromatic hydroxyl groups is 2. The summed E-state index contributed by atoms with van der Waals surface area (Å²) >= 11 is 0. The van der Waals surface area contributed by atoms with Crippen LogP contribution in [0.1, 0.15) is 47.9 Å². The molecule has 0 spiro atoms. The number of phenols is 2. The number of piperidine rings is 2. The summed E-state index contributed by atoms with van der Waals surface area (Å²) < 4.78 is 23.0. The maximum Gasteiger partial charge on any atom is 0.197 e. The molecule has 0 amide bonds. The first-order valence-electron chi connectivity index (χ1n) is 16.9. The Morgan fingerprint density at radius 1 is 0.667 bits per heavy atom. The molecule has 10 nitrogen and oxygen atoms in total. The molecule has 6 aliphatic rings. The normalized spacial score (nSPS) is 32.2. The number of hydrogen-bond acceptors (Lipinski definition) is 10. The smallest absolute Gasteiger partial charge is 0.197 e. The number of carbonyl (C=O) groups is 2. The second-order valence-corrected chi connectivity index (χ2v) is 14.7. The van der Waals surface area contributed by atoms with Gasteiger partial charge in [-0.3, -0.25) is 9.59 Å². The van der Waals surface area contributed by atoms with E-state index in [1.165, 1.54) is 28.4 Å². The van der Waals surface area contributed by atoms with Crippen LogP contribution in [0, 0.1) is 11.8 Å². The number of carbonyl (C=O) groups excluding carboxylic acids is 2. The van der Waals surface area contributed by atoms with E-state index in [1.807, 2.05) is 12.2 Å². The molecular weight excluding hydrogens is 612 g/mol. The molecule has 2 heterocycles. The molecule has 8 rings (SSSR count). The van der Waals surface area contributed by atoms with Gasteiger partial charge in [-0.2, -0.15) is 0 Å². The minimum Gasteiger partial charge on any atom is -0.504 e. The summed E-state index contributed by atoms with van der Waals surface area (Å²) in [6.45, 7) is 1.62. The first-order chi connectivity index (χ1) is 23.0. The first-order valence-corrected chi connectivity index (χ1v) is 16.9. The van der Waals surface area contributed by atoms with Gasteiger partial charge in [-0.15, -0.1) is 0 Å². The van der Waals surface area contributed by atoms with Gasteiger partial charge in [0.15, 0.2) is 46.1 Å². The summed E-state index contributed by atoms with van der Waals surface area (Å²) in [7, 11) is 10.4. The third-order valence-electron chi connectivity index (χ3n) is 12.9. The van der Waals surface area contributed by atoms with E-state index >= 15 is 0 Å². The zero-order valence-electron chi connectivity index (χ0n) is 28.5. The van der Waals surface area contributed by atoms with E-state index < -0.39 is 10.8 Å². The van der Waals surface area contributed by atoms with Crippen LogP contribution in [-0.2, 0) is 42.7 Å². The van der Waals surface area contributed by atoms with E-state index in [4.69, 9.17) is 18.9 Å². The number of hydrogen-bond donors (Lipinski definition) is 2. The summed E-state index contributed by atoms with van der Waals surface area (Å²) in [5, 5.41) is 24.4. The van der Waals surface area contributed by atoms with Crippen molar-refractivity contribution in [3.8, 4) is 34.1 Å². The van der Waals surface area contributed by atoms with Crippen LogP contribution in [0.25, 0.3) is 11.1 Å². The zero-order chi connectivity index (χ0) is 33.9. The molecule has 2 saturated heterocycles. The maximum absolute atomic E-state index is 13.3. The Kier molecular flexibility index (Phi) is 6.99. The van der Waals surface area contributed by atoms with Crippen molar-refractivity contribution in [3.05, 3.63) is 58.1 Å². The van der Waals surface area contributed by atoms with Crippen molar-refractivity contribution in [1.29, 1.82) is 0 Å². The molecular formula is C38H44N2O8. The second-order valence-electron chi connectivity index (χ2n) is 14.7. The van der Waals surface area contributed by atoms with Gasteiger partial charge in [0.05, 0.1) is 28.4 Å². The number of fused-ring (bicyclic) bond motifs is 2. The molecule has 2 aliphatic heterocycles. The molecule has 0 radical (unpaired) electrons. The third-order valence-corrected chi connectivity index (χ3v) is 12.9. The number of nitrogens with zero attached hydrogens (tertiary/aromatic N) is 2. The van der Waals surface area contributed by atoms with Gasteiger partial charge in [0.1, 0.15) is 0 Å². The van der Waals surface area contributed by atoms with Gasteiger partial charge >= 0.3 is 0 Å². The monoisotopic (exact) mass is 656 g/mol. The number of Topliss-reactive ketones (excluding diaryl/α,β-unsaturated/α-hetero) is 2. The minimum atomic E-state index is -0.583. The van der Waals surface area contributed by atoms with Crippen molar-refractivity contribution in [2.75, 3.05) is 55.6 Å². The van der Waals surface area contributed by atoms with E-state index in [9.17, 15) is 19.8 Å². The Labute approximate surface area is 280 Å². The van der Waals surface area contributed by atoms with E-state index in [-0.39, 0.29) is 71.3 Å². The molecule has 0 saturated carbocycles. The summed E-state index contributed by atoms with van der Waals surface area (Å²) in [4.78, 5) is 31.4. The van der Waals surface area contributed by atoms with Gasteiger partial charge < -0.3 is 39.0 Å². The van der Waals surface area contributed by atoms with Crippen LogP contribution in [0.4, 0.5) is 0 Å². The zero-order valence-corrected chi connectivity index (χ0v) is 28.5. The molecule has 0 aromatic heterocycles. The number of likely N-dealkylation sites (tertiary alicyclic amines) is 2. The number of phenolic OH excluding ortho intramolecular Hbond substituents is 2. The van der Waals surface area contributed by atoms with Crippen LogP contribution in [0.3, 0.4) is 0 Å². The van der Waals surface area contributed by atoms with Crippen molar-refractivity contribution in [3.63, 3.8) is 0 Å². The summed E-state index contributed by atoms with van der Waals surface area (Å²) in [5.74, 6) is 1.29. The number of ether oxygens (including phenoxy) is 4. The average Bonchev–Trinajstić information content (AvgIpc) is 3.06. The predicted molar refractivity (Wildman–Crippen MR) is 178 cm³/mol. The molecule has 2 N–H and O–H groups in total. The van der Waals surface area contributed by atoms with E-state index in [0.717, 1.165) is 35.3 Å². The average molecular weight is 657 g/mol. The number of ketones is 2. The fraction of sp³-hybridized carbons (Fsp3) is 0.526. The van der Waals surface area contributed by atoms with Crippen LogP contribution in [-0.4, -0.2) is 99.3 Å². The predicted octanol–water partition coefficient (Wildman–Crippen LogP) is 4.02. The number of allylic oxidation sites excluding steroid dienone is 2. The molecule has 4 aliphatic carbocycles. The lowest BCUT2D eigenvalue weighted by Crippen LogP contribution is -2.60. The van der Waals surface area contributed by atoms with Crippen LogP contribution >= 0.6 is 0 Å². The van der Waals surface area contributed by atoms with Gasteiger partial charge in [0, 0.05) is 69.8 Å². The second kappa shape index (κ2) is 10.7. The summed E-state index contributed by atoms with van der Waals surface area (Å²) in [6, 6.07) is 4.36. The highest BCUT2D eigenvalue weighted by molar-refractivity contribution is 5.97. The fourth-order valence-electron chi connectivity index (χ4n) is 10.7. The number of benzene rings is 2. The highest BCUT2D eigenvalue weighted by Gasteiger charge is 2.58. The lowest BCUT2D eigenvalue weighted by atomic mass is 9.53. The number of methoxy groups -OCH3 is 4. The Morgan fingerprint density at radius 2 is 1.06 bits per heavy atom. The molecule has 2 aromatic carbocycles. The van der Waals surface area contributed by atoms with Gasteiger partial charge in [0.25, 0.3) is 0 Å². The lowest BCUT2D eigenvalue weighted by molar-refractivity contribution is -0.123. The lowest BCUT2D eigenvalue weighted by Gasteiger charge is -2.57. The summed E-state index contributed by atoms with van der Waals surface area (Å²) in [5.41, 5.74) is 3.55. The number of rotatable bonds is 5. The van der Waals surface area contributed by atoms with Crippen LogP contribution in [0.2, 0.25) is 0 Å². The molecule has 2 fully saturated rings. The Morgan fingerprint density at radius 3 is 1.42 bits per heavy atom. The maximum atomic E-state index is 13.3. The molecule has 4 bridgehead atoms. The highest BCUT2D eigenvalue weighted by atomic mass is 16.5.